The highest BCUT2D eigenvalue weighted by Gasteiger charge is 2.26. The Balaban J connectivity index is 2.16. The second kappa shape index (κ2) is 8.02. The van der Waals surface area contributed by atoms with E-state index in [2.05, 4.69) is 10.3 Å². The zero-order valence-corrected chi connectivity index (χ0v) is 16.9. The molecule has 0 bridgehead atoms. The van der Waals surface area contributed by atoms with E-state index in [1.54, 1.807) is 31.2 Å². The van der Waals surface area contributed by atoms with Gasteiger partial charge < -0.3 is 10.1 Å². The average Bonchev–Trinajstić information content (AvgIpc) is 2.98. The predicted molar refractivity (Wildman–Crippen MR) is 103 cm³/mol. The normalized spacial score (nSPS) is 11.5. The van der Waals surface area contributed by atoms with Gasteiger partial charge in [-0.3, -0.25) is 4.90 Å². The van der Waals surface area contributed by atoms with Gasteiger partial charge in [-0.05, 0) is 38.1 Å². The number of carbonyl (C=O) groups is 1. The number of ether oxygens (including phenoxy) is 1. The van der Waals surface area contributed by atoms with Gasteiger partial charge in [0.05, 0.1) is 12.3 Å². The number of aryl methyl sites for hydroxylation is 1. The Hall–Kier alpha value is -2.17. The van der Waals surface area contributed by atoms with Crippen LogP contribution >= 0.6 is 11.3 Å². The van der Waals surface area contributed by atoms with E-state index in [1.807, 2.05) is 6.92 Å². The summed E-state index contributed by atoms with van der Waals surface area (Å²) in [6.45, 7) is 4.07. The molecule has 0 atom stereocenters. The zero-order chi connectivity index (χ0) is 19.5. The lowest BCUT2D eigenvalue weighted by atomic mass is 10.3. The van der Waals surface area contributed by atoms with E-state index in [4.69, 9.17) is 4.74 Å². The molecule has 0 saturated heterocycles. The Morgan fingerprint density at radius 3 is 2.38 bits per heavy atom. The molecule has 0 spiro atoms. The van der Waals surface area contributed by atoms with Crippen LogP contribution in [0.15, 0.2) is 28.5 Å². The third kappa shape index (κ3) is 4.32. The summed E-state index contributed by atoms with van der Waals surface area (Å²) in [4.78, 5) is 17.9. The second-order valence-electron chi connectivity index (χ2n) is 5.60. The van der Waals surface area contributed by atoms with Crippen LogP contribution in [0.4, 0.5) is 15.6 Å². The maximum absolute atomic E-state index is 12.4. The van der Waals surface area contributed by atoms with Crippen molar-refractivity contribution in [1.29, 1.82) is 0 Å². The number of aromatic nitrogens is 1. The standard InChI is InChI=1S/C16H22N4O4S2/c1-6-24-13-9-7-12(8-10-13)18-15(21)20(5)16-17-11(2)14(25-16)26(22,23)19(3)4/h7-10H,6H2,1-5H3,(H,18,21). The molecule has 0 fully saturated rings. The van der Waals surface area contributed by atoms with Crippen LogP contribution in [0.3, 0.4) is 0 Å². The van der Waals surface area contributed by atoms with E-state index >= 15 is 0 Å². The molecule has 2 amide bonds. The van der Waals surface area contributed by atoms with Crippen molar-refractivity contribution in [3.05, 3.63) is 30.0 Å². The van der Waals surface area contributed by atoms with E-state index in [-0.39, 0.29) is 4.21 Å². The fourth-order valence-electron chi connectivity index (χ4n) is 2.01. The average molecular weight is 399 g/mol. The number of nitrogens with one attached hydrogen (secondary N) is 1. The van der Waals surface area contributed by atoms with Gasteiger partial charge in [0.15, 0.2) is 9.34 Å². The molecule has 0 aliphatic heterocycles. The topological polar surface area (TPSA) is 91.8 Å². The Morgan fingerprint density at radius 1 is 1.23 bits per heavy atom. The SMILES string of the molecule is CCOc1ccc(NC(=O)N(C)c2nc(C)c(S(=O)(=O)N(C)C)s2)cc1. The van der Waals surface area contributed by atoms with Gasteiger partial charge >= 0.3 is 6.03 Å². The molecule has 8 nitrogen and oxygen atoms in total. The summed E-state index contributed by atoms with van der Waals surface area (Å²) in [6.07, 6.45) is 0. The van der Waals surface area contributed by atoms with Crippen LogP contribution in [0.1, 0.15) is 12.6 Å². The van der Waals surface area contributed by atoms with Crippen molar-refractivity contribution in [1.82, 2.24) is 9.29 Å². The van der Waals surface area contributed by atoms with Crippen molar-refractivity contribution in [2.75, 3.05) is 38.0 Å². The number of amides is 2. The predicted octanol–water partition coefficient (Wildman–Crippen LogP) is 2.77. The van der Waals surface area contributed by atoms with Crippen molar-refractivity contribution in [3.8, 4) is 5.75 Å². The minimum atomic E-state index is -3.60. The molecule has 10 heteroatoms. The highest BCUT2D eigenvalue weighted by atomic mass is 32.2. The molecule has 2 rings (SSSR count). The minimum absolute atomic E-state index is 0.123. The van der Waals surface area contributed by atoms with Crippen molar-refractivity contribution in [3.63, 3.8) is 0 Å². The van der Waals surface area contributed by atoms with Gasteiger partial charge in [-0.2, -0.15) is 0 Å². The van der Waals surface area contributed by atoms with Gasteiger partial charge in [-0.25, -0.2) is 22.5 Å². The third-order valence-electron chi connectivity index (χ3n) is 3.47. The molecule has 1 heterocycles. The smallest absolute Gasteiger partial charge is 0.327 e. The van der Waals surface area contributed by atoms with Crippen LogP contribution < -0.4 is 15.0 Å². The first kappa shape index (κ1) is 20.1. The van der Waals surface area contributed by atoms with Crippen molar-refractivity contribution >= 4 is 38.2 Å². The van der Waals surface area contributed by atoms with Crippen LogP contribution in [-0.4, -0.2) is 51.5 Å². The van der Waals surface area contributed by atoms with Crippen LogP contribution in [0, 0.1) is 6.92 Å². The van der Waals surface area contributed by atoms with E-state index in [1.165, 1.54) is 26.0 Å². The molecule has 1 aromatic carbocycles. The molecule has 1 aromatic heterocycles. The summed E-state index contributed by atoms with van der Waals surface area (Å²) < 4.78 is 31.2. The number of nitrogens with zero attached hydrogens (tertiary/aromatic N) is 3. The number of benzene rings is 1. The van der Waals surface area contributed by atoms with Gasteiger partial charge in [0.1, 0.15) is 5.75 Å². The third-order valence-corrected chi connectivity index (χ3v) is 7.10. The number of hydrogen-bond acceptors (Lipinski definition) is 6. The Bertz CT molecular complexity index is 876. The summed E-state index contributed by atoms with van der Waals surface area (Å²) in [5.74, 6) is 0.716. The largest absolute Gasteiger partial charge is 0.494 e. The molecule has 0 saturated carbocycles. The summed E-state index contributed by atoms with van der Waals surface area (Å²) in [5, 5.41) is 3.04. The first-order valence-corrected chi connectivity index (χ1v) is 10.1. The zero-order valence-electron chi connectivity index (χ0n) is 15.3. The van der Waals surface area contributed by atoms with E-state index < -0.39 is 16.1 Å². The van der Waals surface area contributed by atoms with Crippen molar-refractivity contribution in [2.24, 2.45) is 0 Å². The van der Waals surface area contributed by atoms with Crippen molar-refractivity contribution in [2.45, 2.75) is 18.1 Å². The van der Waals surface area contributed by atoms with E-state index in [9.17, 15) is 13.2 Å². The first-order chi connectivity index (χ1) is 12.2. The highest BCUT2D eigenvalue weighted by Crippen LogP contribution is 2.31. The van der Waals surface area contributed by atoms with Gasteiger partial charge in [0, 0.05) is 26.8 Å². The van der Waals surface area contributed by atoms with Gasteiger partial charge in [0.25, 0.3) is 10.0 Å². The lowest BCUT2D eigenvalue weighted by molar-refractivity contribution is 0.258. The van der Waals surface area contributed by atoms with E-state index in [0.717, 1.165) is 15.6 Å². The minimum Gasteiger partial charge on any atom is -0.494 e. The van der Waals surface area contributed by atoms with Crippen LogP contribution in [0.2, 0.25) is 0 Å². The first-order valence-electron chi connectivity index (χ1n) is 7.84. The number of carbonyl (C=O) groups excluding carboxylic acids is 1. The fraction of sp³-hybridized carbons (Fsp3) is 0.375. The van der Waals surface area contributed by atoms with Crippen molar-refractivity contribution < 1.29 is 17.9 Å². The number of hydrogen-bond donors (Lipinski definition) is 1. The maximum Gasteiger partial charge on any atom is 0.327 e. The highest BCUT2D eigenvalue weighted by molar-refractivity contribution is 7.91. The fourth-order valence-corrected chi connectivity index (χ4v) is 4.62. The number of anilines is 2. The summed E-state index contributed by atoms with van der Waals surface area (Å²) in [6, 6.07) is 6.55. The Morgan fingerprint density at radius 2 is 1.85 bits per heavy atom. The monoisotopic (exact) mass is 398 g/mol. The Kier molecular flexibility index (Phi) is 6.21. The number of rotatable bonds is 6. The molecule has 0 aliphatic carbocycles. The molecule has 0 aliphatic rings. The molecule has 26 heavy (non-hydrogen) atoms. The molecule has 0 radical (unpaired) electrons. The van der Waals surface area contributed by atoms with Gasteiger partial charge in [0.2, 0.25) is 0 Å². The number of urea groups is 1. The van der Waals surface area contributed by atoms with Gasteiger partial charge in [-0.15, -0.1) is 0 Å². The molecule has 142 valence electrons. The summed E-state index contributed by atoms with van der Waals surface area (Å²) in [7, 11) is 0.848. The van der Waals surface area contributed by atoms with E-state index in [0.29, 0.717) is 28.9 Å². The molecular weight excluding hydrogens is 376 g/mol. The summed E-state index contributed by atoms with van der Waals surface area (Å²) in [5.41, 5.74) is 0.958. The number of sulfonamides is 1. The molecule has 1 N–H and O–H groups in total. The lowest BCUT2D eigenvalue weighted by Crippen LogP contribution is -2.31. The molecular formula is C16H22N4O4S2. The summed E-state index contributed by atoms with van der Waals surface area (Å²) >= 11 is 0.955. The lowest BCUT2D eigenvalue weighted by Gasteiger charge is -2.15. The van der Waals surface area contributed by atoms with Gasteiger partial charge in [-0.1, -0.05) is 11.3 Å². The second-order valence-corrected chi connectivity index (χ2v) is 8.93. The quantitative estimate of drug-likeness (QED) is 0.808. The van der Waals surface area contributed by atoms with Crippen LogP contribution in [0.25, 0.3) is 0 Å². The molecule has 0 unspecified atom stereocenters. The maximum atomic E-state index is 12.4. The van der Waals surface area contributed by atoms with Crippen LogP contribution in [0.5, 0.6) is 5.75 Å². The van der Waals surface area contributed by atoms with Crippen LogP contribution in [-0.2, 0) is 10.0 Å². The molecule has 2 aromatic rings. The number of thiazole rings is 1. The Labute approximate surface area is 157 Å².